The second-order valence-corrected chi connectivity index (χ2v) is 4.39. The first-order valence-electron chi connectivity index (χ1n) is 5.57. The summed E-state index contributed by atoms with van der Waals surface area (Å²) in [7, 11) is 0. The quantitative estimate of drug-likeness (QED) is 0.769. The van der Waals surface area contributed by atoms with Crippen molar-refractivity contribution in [1.29, 1.82) is 0 Å². The maximum atomic E-state index is 12.9. The Morgan fingerprint density at radius 1 is 1.50 bits per heavy atom. The smallest absolute Gasteiger partial charge is 0.396 e. The molecule has 0 spiro atoms. The summed E-state index contributed by atoms with van der Waals surface area (Å²) in [6.45, 7) is 2.25. The molecule has 0 aromatic carbocycles. The van der Waals surface area contributed by atoms with E-state index in [0.29, 0.717) is 19.4 Å². The molecule has 1 rings (SSSR count). The van der Waals surface area contributed by atoms with E-state index in [4.69, 9.17) is 10.8 Å². The van der Waals surface area contributed by atoms with E-state index in [1.54, 1.807) is 6.92 Å². The third kappa shape index (κ3) is 3.09. The van der Waals surface area contributed by atoms with Gasteiger partial charge in [0.15, 0.2) is 0 Å². The molecule has 3 nitrogen and oxygen atoms in total. The Balaban J connectivity index is 2.71. The standard InChI is InChI=1S/C10H19F3N2O/c1-2-8(14)9(10(11,12)13)15-4-3-7(5-15)6-16/h7-9,16H,2-6,14H2,1H3. The Kier molecular flexibility index (Phi) is 4.58. The van der Waals surface area contributed by atoms with Crippen LogP contribution in [-0.2, 0) is 0 Å². The van der Waals surface area contributed by atoms with Crippen LogP contribution < -0.4 is 5.73 Å². The van der Waals surface area contributed by atoms with Crippen molar-refractivity contribution < 1.29 is 18.3 Å². The molecule has 96 valence electrons. The second kappa shape index (κ2) is 5.33. The van der Waals surface area contributed by atoms with Gasteiger partial charge in [-0.15, -0.1) is 0 Å². The SMILES string of the molecule is CCC(N)C(N1CCC(CO)C1)C(F)(F)F. The third-order valence-electron chi connectivity index (χ3n) is 3.18. The first kappa shape index (κ1) is 13.7. The fourth-order valence-corrected chi connectivity index (χ4v) is 2.21. The first-order chi connectivity index (χ1) is 7.40. The molecule has 0 amide bonds. The minimum Gasteiger partial charge on any atom is -0.396 e. The van der Waals surface area contributed by atoms with E-state index >= 15 is 0 Å². The fourth-order valence-electron chi connectivity index (χ4n) is 2.21. The van der Waals surface area contributed by atoms with Gasteiger partial charge >= 0.3 is 6.18 Å². The summed E-state index contributed by atoms with van der Waals surface area (Å²) in [5.74, 6) is -0.0473. The number of hydrogen-bond donors (Lipinski definition) is 2. The van der Waals surface area contributed by atoms with Crippen LogP contribution in [0.2, 0.25) is 0 Å². The molecule has 0 radical (unpaired) electrons. The van der Waals surface area contributed by atoms with Gasteiger partial charge in [-0.1, -0.05) is 6.92 Å². The zero-order valence-electron chi connectivity index (χ0n) is 9.37. The first-order valence-corrected chi connectivity index (χ1v) is 5.57. The molecule has 3 atom stereocenters. The molecular weight excluding hydrogens is 221 g/mol. The van der Waals surface area contributed by atoms with E-state index < -0.39 is 18.3 Å². The second-order valence-electron chi connectivity index (χ2n) is 4.39. The van der Waals surface area contributed by atoms with Gasteiger partial charge in [-0.25, -0.2) is 0 Å². The van der Waals surface area contributed by atoms with E-state index in [2.05, 4.69) is 0 Å². The van der Waals surface area contributed by atoms with Gasteiger partial charge < -0.3 is 10.8 Å². The maximum absolute atomic E-state index is 12.9. The number of nitrogens with zero attached hydrogens (tertiary/aromatic N) is 1. The predicted molar refractivity (Wildman–Crippen MR) is 54.9 cm³/mol. The average Bonchev–Trinajstić information content (AvgIpc) is 2.64. The van der Waals surface area contributed by atoms with E-state index in [1.807, 2.05) is 0 Å². The lowest BCUT2D eigenvalue weighted by molar-refractivity contribution is -0.187. The molecule has 0 aromatic rings. The lowest BCUT2D eigenvalue weighted by atomic mass is 10.0. The Hall–Kier alpha value is -0.330. The van der Waals surface area contributed by atoms with Crippen LogP contribution in [0, 0.1) is 5.92 Å². The number of hydrogen-bond acceptors (Lipinski definition) is 3. The van der Waals surface area contributed by atoms with Crippen LogP contribution in [0.15, 0.2) is 0 Å². The number of alkyl halides is 3. The molecule has 1 aliphatic rings. The maximum Gasteiger partial charge on any atom is 0.405 e. The number of halogens is 3. The Morgan fingerprint density at radius 3 is 2.50 bits per heavy atom. The summed E-state index contributed by atoms with van der Waals surface area (Å²) in [4.78, 5) is 1.36. The summed E-state index contributed by atoms with van der Waals surface area (Å²) < 4.78 is 38.6. The van der Waals surface area contributed by atoms with E-state index in [0.717, 1.165) is 0 Å². The molecule has 6 heteroatoms. The highest BCUT2D eigenvalue weighted by molar-refractivity contribution is 4.91. The van der Waals surface area contributed by atoms with Gasteiger partial charge in [0.25, 0.3) is 0 Å². The van der Waals surface area contributed by atoms with Gasteiger partial charge in [-0.2, -0.15) is 13.2 Å². The fraction of sp³-hybridized carbons (Fsp3) is 1.00. The lowest BCUT2D eigenvalue weighted by Crippen LogP contribution is -2.55. The number of rotatable bonds is 4. The Labute approximate surface area is 93.4 Å². The van der Waals surface area contributed by atoms with Crippen LogP contribution >= 0.6 is 0 Å². The highest BCUT2D eigenvalue weighted by atomic mass is 19.4. The van der Waals surface area contributed by atoms with Crippen molar-refractivity contribution >= 4 is 0 Å². The monoisotopic (exact) mass is 240 g/mol. The number of nitrogens with two attached hydrogens (primary N) is 1. The Morgan fingerprint density at radius 2 is 2.12 bits per heavy atom. The molecule has 1 heterocycles. The molecule has 3 N–H and O–H groups in total. The molecule has 1 saturated heterocycles. The summed E-state index contributed by atoms with van der Waals surface area (Å²) in [6, 6.07) is -2.47. The van der Waals surface area contributed by atoms with E-state index in [-0.39, 0.29) is 19.1 Å². The van der Waals surface area contributed by atoms with Gasteiger partial charge in [-0.3, -0.25) is 4.90 Å². The van der Waals surface area contributed by atoms with Crippen molar-refractivity contribution in [3.8, 4) is 0 Å². The van der Waals surface area contributed by atoms with Gasteiger partial charge in [-0.05, 0) is 25.3 Å². The molecule has 1 aliphatic heterocycles. The van der Waals surface area contributed by atoms with Gasteiger partial charge in [0.05, 0.1) is 0 Å². The Bertz CT molecular complexity index is 223. The summed E-state index contributed by atoms with van der Waals surface area (Å²) >= 11 is 0. The van der Waals surface area contributed by atoms with Crippen molar-refractivity contribution in [1.82, 2.24) is 4.90 Å². The molecule has 1 fully saturated rings. The van der Waals surface area contributed by atoms with Crippen molar-refractivity contribution in [2.45, 2.75) is 38.0 Å². The minimum absolute atomic E-state index is 0.0473. The number of aliphatic hydroxyl groups excluding tert-OH is 1. The van der Waals surface area contributed by atoms with E-state index in [9.17, 15) is 13.2 Å². The van der Waals surface area contributed by atoms with Crippen molar-refractivity contribution in [2.24, 2.45) is 11.7 Å². The van der Waals surface area contributed by atoms with Crippen LogP contribution in [0.4, 0.5) is 13.2 Å². The molecule has 16 heavy (non-hydrogen) atoms. The normalized spacial score (nSPS) is 27.0. The number of likely N-dealkylation sites (tertiary alicyclic amines) is 1. The lowest BCUT2D eigenvalue weighted by Gasteiger charge is -2.33. The third-order valence-corrected chi connectivity index (χ3v) is 3.18. The average molecular weight is 240 g/mol. The summed E-state index contributed by atoms with van der Waals surface area (Å²) in [5.41, 5.74) is 5.55. The van der Waals surface area contributed by atoms with Gasteiger partial charge in [0.2, 0.25) is 0 Å². The topological polar surface area (TPSA) is 49.5 Å². The molecule has 0 bridgehead atoms. The molecule has 0 aromatic heterocycles. The van der Waals surface area contributed by atoms with Crippen LogP contribution in [-0.4, -0.2) is 48.0 Å². The summed E-state index contributed by atoms with van der Waals surface area (Å²) in [6.07, 6.45) is -3.39. The summed E-state index contributed by atoms with van der Waals surface area (Å²) in [5, 5.41) is 8.93. The minimum atomic E-state index is -4.29. The van der Waals surface area contributed by atoms with Crippen LogP contribution in [0.3, 0.4) is 0 Å². The van der Waals surface area contributed by atoms with Crippen molar-refractivity contribution in [2.75, 3.05) is 19.7 Å². The molecule has 0 aliphatic carbocycles. The molecular formula is C10H19F3N2O. The molecule has 0 saturated carbocycles. The zero-order valence-corrected chi connectivity index (χ0v) is 9.37. The van der Waals surface area contributed by atoms with Crippen LogP contribution in [0.25, 0.3) is 0 Å². The van der Waals surface area contributed by atoms with Crippen molar-refractivity contribution in [3.63, 3.8) is 0 Å². The highest BCUT2D eigenvalue weighted by Crippen LogP contribution is 2.31. The predicted octanol–water partition coefficient (Wildman–Crippen LogP) is 0.969. The van der Waals surface area contributed by atoms with Crippen LogP contribution in [0.1, 0.15) is 19.8 Å². The van der Waals surface area contributed by atoms with E-state index in [1.165, 1.54) is 4.90 Å². The van der Waals surface area contributed by atoms with Crippen LogP contribution in [0.5, 0.6) is 0 Å². The molecule has 3 unspecified atom stereocenters. The zero-order chi connectivity index (χ0) is 12.3. The number of aliphatic hydroxyl groups is 1. The van der Waals surface area contributed by atoms with Gasteiger partial charge in [0.1, 0.15) is 6.04 Å². The van der Waals surface area contributed by atoms with Gasteiger partial charge in [0, 0.05) is 19.2 Å². The van der Waals surface area contributed by atoms with Crippen molar-refractivity contribution in [3.05, 3.63) is 0 Å². The highest BCUT2D eigenvalue weighted by Gasteiger charge is 2.48. The largest absolute Gasteiger partial charge is 0.405 e.